The van der Waals surface area contributed by atoms with Gasteiger partial charge in [0.15, 0.2) is 0 Å². The molecule has 1 fully saturated rings. The van der Waals surface area contributed by atoms with Crippen molar-refractivity contribution in [3.8, 4) is 0 Å². The van der Waals surface area contributed by atoms with Gasteiger partial charge in [-0.1, -0.05) is 17.7 Å². The average Bonchev–Trinajstić information content (AvgIpc) is 2.34. The highest BCUT2D eigenvalue weighted by molar-refractivity contribution is 7.86. The number of benzene rings is 1. The zero-order valence-corrected chi connectivity index (χ0v) is 10.6. The first kappa shape index (κ1) is 13.0. The molecule has 1 aromatic rings. The number of carbonyl (C=O) groups is 1. The third kappa shape index (κ3) is 2.53. The van der Waals surface area contributed by atoms with Crippen molar-refractivity contribution in [1.29, 1.82) is 0 Å². The molecule has 1 saturated heterocycles. The maximum atomic E-state index is 11.8. The summed E-state index contributed by atoms with van der Waals surface area (Å²) in [4.78, 5) is 10.9. The summed E-state index contributed by atoms with van der Waals surface area (Å²) in [6, 6.07) is 5.18. The molecule has 0 aromatic heterocycles. The number of nitrogens with one attached hydrogen (secondary N) is 1. The summed E-state index contributed by atoms with van der Waals surface area (Å²) in [6.07, 6.45) is 0. The lowest BCUT2D eigenvalue weighted by Gasteiger charge is -2.33. The topological polar surface area (TPSA) is 98.5 Å². The molecule has 0 radical (unpaired) electrons. The number of carbonyl (C=O) groups excluding carboxylic acids is 1. The normalized spacial score (nSPS) is 23.3. The number of rotatable bonds is 4. The molecule has 7 heteroatoms. The maximum absolute atomic E-state index is 11.8. The minimum atomic E-state index is -3.80. The molecule has 0 saturated carbocycles. The predicted octanol–water partition coefficient (Wildman–Crippen LogP) is -0.474. The average molecular weight is 270 g/mol. The van der Waals surface area contributed by atoms with Crippen LogP contribution in [0.5, 0.6) is 0 Å². The molecule has 3 N–H and O–H groups in total. The fraction of sp³-hybridized carbons (Fsp3) is 0.364. The zero-order chi connectivity index (χ0) is 13.3. The zero-order valence-electron chi connectivity index (χ0n) is 9.79. The standard InChI is InChI=1S/C11H14N2O4S/c1-7-2-4-8(5-3-7)18(15,16)17-6-9-10(12)11(14)13-9/h2-5,9-10H,6,12H2,1H3,(H,13,14). The van der Waals surface area contributed by atoms with Crippen LogP contribution < -0.4 is 11.1 Å². The van der Waals surface area contributed by atoms with Crippen LogP contribution in [0.4, 0.5) is 0 Å². The van der Waals surface area contributed by atoms with E-state index in [9.17, 15) is 13.2 Å². The van der Waals surface area contributed by atoms with Crippen molar-refractivity contribution >= 4 is 16.0 Å². The van der Waals surface area contributed by atoms with Crippen molar-refractivity contribution in [2.24, 2.45) is 5.73 Å². The van der Waals surface area contributed by atoms with Crippen molar-refractivity contribution in [3.63, 3.8) is 0 Å². The maximum Gasteiger partial charge on any atom is 0.297 e. The summed E-state index contributed by atoms with van der Waals surface area (Å²) in [5, 5.41) is 2.47. The van der Waals surface area contributed by atoms with Gasteiger partial charge in [0.05, 0.1) is 17.5 Å². The molecule has 0 spiro atoms. The lowest BCUT2D eigenvalue weighted by atomic mass is 10.0. The molecule has 2 unspecified atom stereocenters. The van der Waals surface area contributed by atoms with Gasteiger partial charge in [-0.05, 0) is 19.1 Å². The van der Waals surface area contributed by atoms with Gasteiger partial charge in [-0.15, -0.1) is 0 Å². The molecule has 0 aliphatic carbocycles. The van der Waals surface area contributed by atoms with Gasteiger partial charge in [-0.3, -0.25) is 8.98 Å². The van der Waals surface area contributed by atoms with Crippen molar-refractivity contribution in [2.45, 2.75) is 23.9 Å². The van der Waals surface area contributed by atoms with E-state index in [4.69, 9.17) is 9.92 Å². The van der Waals surface area contributed by atoms with Gasteiger partial charge in [0.2, 0.25) is 5.91 Å². The fourth-order valence-corrected chi connectivity index (χ4v) is 2.47. The highest BCUT2D eigenvalue weighted by atomic mass is 32.2. The first-order chi connectivity index (χ1) is 8.40. The van der Waals surface area contributed by atoms with E-state index in [0.717, 1.165) is 5.56 Å². The highest BCUT2D eigenvalue weighted by Gasteiger charge is 2.37. The Morgan fingerprint density at radius 2 is 1.94 bits per heavy atom. The minimum Gasteiger partial charge on any atom is -0.347 e. The van der Waals surface area contributed by atoms with Crippen LogP contribution in [0, 0.1) is 6.92 Å². The van der Waals surface area contributed by atoms with E-state index in [1.165, 1.54) is 12.1 Å². The first-order valence-corrected chi connectivity index (χ1v) is 6.83. The van der Waals surface area contributed by atoms with Crippen molar-refractivity contribution in [2.75, 3.05) is 6.61 Å². The molecule has 1 aliphatic rings. The second-order valence-corrected chi connectivity index (χ2v) is 5.81. The quantitative estimate of drug-likeness (QED) is 0.569. The van der Waals surface area contributed by atoms with Gasteiger partial charge >= 0.3 is 0 Å². The van der Waals surface area contributed by atoms with Gasteiger partial charge in [0, 0.05) is 0 Å². The van der Waals surface area contributed by atoms with E-state index in [1.807, 2.05) is 6.92 Å². The van der Waals surface area contributed by atoms with E-state index in [2.05, 4.69) is 5.32 Å². The van der Waals surface area contributed by atoms with Crippen molar-refractivity contribution < 1.29 is 17.4 Å². The summed E-state index contributed by atoms with van der Waals surface area (Å²) in [6.45, 7) is 1.71. The monoisotopic (exact) mass is 270 g/mol. The summed E-state index contributed by atoms with van der Waals surface area (Å²) in [5.41, 5.74) is 6.43. The van der Waals surface area contributed by atoms with Crippen molar-refractivity contribution in [1.82, 2.24) is 5.32 Å². The van der Waals surface area contributed by atoms with Crippen LogP contribution in [0.25, 0.3) is 0 Å². The van der Waals surface area contributed by atoms with E-state index in [0.29, 0.717) is 0 Å². The molecule has 1 heterocycles. The molecule has 6 nitrogen and oxygen atoms in total. The minimum absolute atomic E-state index is 0.0901. The fourth-order valence-electron chi connectivity index (χ4n) is 1.54. The Balaban J connectivity index is 2.00. The largest absolute Gasteiger partial charge is 0.347 e. The highest BCUT2D eigenvalue weighted by Crippen LogP contribution is 2.14. The van der Waals surface area contributed by atoms with Gasteiger partial charge < -0.3 is 11.1 Å². The molecular formula is C11H14N2O4S. The van der Waals surface area contributed by atoms with E-state index in [-0.39, 0.29) is 17.4 Å². The molecule has 1 amide bonds. The number of hydrogen-bond acceptors (Lipinski definition) is 5. The van der Waals surface area contributed by atoms with Crippen LogP contribution in [0.15, 0.2) is 29.2 Å². The molecule has 1 aromatic carbocycles. The van der Waals surface area contributed by atoms with Gasteiger partial charge in [0.1, 0.15) is 6.04 Å². The van der Waals surface area contributed by atoms with Crippen LogP contribution in [0.2, 0.25) is 0 Å². The first-order valence-electron chi connectivity index (χ1n) is 5.42. The number of hydrogen-bond donors (Lipinski definition) is 2. The third-order valence-electron chi connectivity index (χ3n) is 2.78. The molecule has 2 rings (SSSR count). The van der Waals surface area contributed by atoms with Crippen LogP contribution in [0.3, 0.4) is 0 Å². The number of nitrogens with two attached hydrogens (primary N) is 1. The number of amides is 1. The summed E-state index contributed by atoms with van der Waals surface area (Å²) in [7, 11) is -3.80. The Hall–Kier alpha value is -1.44. The van der Waals surface area contributed by atoms with Gasteiger partial charge in [-0.2, -0.15) is 8.42 Å². The Morgan fingerprint density at radius 3 is 2.44 bits per heavy atom. The molecule has 1 aliphatic heterocycles. The number of β-lactam (4-membered cyclic amide) rings is 1. The molecular weight excluding hydrogens is 256 g/mol. The van der Waals surface area contributed by atoms with Crippen molar-refractivity contribution in [3.05, 3.63) is 29.8 Å². The Bertz CT molecular complexity index is 553. The van der Waals surface area contributed by atoms with Crippen LogP contribution >= 0.6 is 0 Å². The Labute approximate surface area is 105 Å². The predicted molar refractivity (Wildman–Crippen MR) is 64.2 cm³/mol. The van der Waals surface area contributed by atoms with E-state index in [1.54, 1.807) is 12.1 Å². The van der Waals surface area contributed by atoms with E-state index < -0.39 is 22.2 Å². The molecule has 0 bridgehead atoms. The summed E-state index contributed by atoms with van der Waals surface area (Å²) < 4.78 is 28.5. The van der Waals surface area contributed by atoms with Crippen LogP contribution in [0.1, 0.15) is 5.56 Å². The van der Waals surface area contributed by atoms with Crippen LogP contribution in [-0.4, -0.2) is 33.0 Å². The lowest BCUT2D eigenvalue weighted by molar-refractivity contribution is -0.131. The summed E-state index contributed by atoms with van der Waals surface area (Å²) in [5.74, 6) is -0.295. The Kier molecular flexibility index (Phi) is 3.38. The van der Waals surface area contributed by atoms with Gasteiger partial charge in [0.25, 0.3) is 10.1 Å². The third-order valence-corrected chi connectivity index (χ3v) is 4.07. The molecule has 98 valence electrons. The van der Waals surface area contributed by atoms with Crippen LogP contribution in [-0.2, 0) is 19.1 Å². The van der Waals surface area contributed by atoms with E-state index >= 15 is 0 Å². The molecule has 2 atom stereocenters. The smallest absolute Gasteiger partial charge is 0.297 e. The Morgan fingerprint density at radius 1 is 1.33 bits per heavy atom. The van der Waals surface area contributed by atoms with Gasteiger partial charge in [-0.25, -0.2) is 0 Å². The molecule has 18 heavy (non-hydrogen) atoms. The number of aryl methyl sites for hydroxylation is 1. The summed E-state index contributed by atoms with van der Waals surface area (Å²) >= 11 is 0. The SMILES string of the molecule is Cc1ccc(S(=O)(=O)OCC2NC(=O)C2N)cc1. The second kappa shape index (κ2) is 4.68. The second-order valence-electron chi connectivity index (χ2n) is 4.19. The lowest BCUT2D eigenvalue weighted by Crippen LogP contribution is -2.68.